The highest BCUT2D eigenvalue weighted by Crippen LogP contribution is 2.21. The molecular weight excluding hydrogens is 302 g/mol. The number of carbonyl (C=O) groups is 2. The average molecular weight is 328 g/mol. The van der Waals surface area contributed by atoms with Gasteiger partial charge >= 0.3 is 0 Å². The van der Waals surface area contributed by atoms with Crippen LogP contribution in [0.4, 0.5) is 0 Å². The van der Waals surface area contributed by atoms with E-state index in [1.807, 2.05) is 6.92 Å². The van der Waals surface area contributed by atoms with E-state index in [1.54, 1.807) is 6.92 Å². The fourth-order valence-corrected chi connectivity index (χ4v) is 3.08. The molecule has 5 nitrogen and oxygen atoms in total. The van der Waals surface area contributed by atoms with Gasteiger partial charge in [-0.25, -0.2) is 0 Å². The number of rotatable bonds is 6. The second kappa shape index (κ2) is 8.34. The monoisotopic (exact) mass is 327 g/mol. The lowest BCUT2D eigenvalue weighted by atomic mass is 10.0. The van der Waals surface area contributed by atoms with Crippen molar-refractivity contribution in [1.29, 1.82) is 0 Å². The van der Waals surface area contributed by atoms with Gasteiger partial charge in [0.05, 0.1) is 0 Å². The Labute approximate surface area is 138 Å². The fourth-order valence-electron chi connectivity index (χ4n) is 3.08. The van der Waals surface area contributed by atoms with E-state index in [-0.39, 0.29) is 24.1 Å². The number of halogens is 1. The molecule has 6 heteroatoms. The minimum atomic E-state index is -0.109. The summed E-state index contributed by atoms with van der Waals surface area (Å²) in [6.45, 7) is 7.12. The second-order valence-corrected chi connectivity index (χ2v) is 5.79. The van der Waals surface area contributed by atoms with Crippen LogP contribution in [0.2, 0.25) is 0 Å². The Balaban J connectivity index is 0.00000242. The number of aromatic nitrogens is 1. The standard InChI is InChI=1S/C16H25N3O2.ClH/c1-4-6-13-14(11(3)20)10(2)19-15(13)16(21)18-9-12-7-5-8-17-12;/h12,17,19H,4-9H2,1-3H3,(H,18,21);1H. The average Bonchev–Trinajstić information content (AvgIpc) is 3.04. The van der Waals surface area contributed by atoms with Crippen LogP contribution in [0.3, 0.4) is 0 Å². The Hall–Kier alpha value is -1.33. The molecule has 0 aromatic carbocycles. The molecule has 0 spiro atoms. The zero-order valence-electron chi connectivity index (χ0n) is 13.5. The van der Waals surface area contributed by atoms with E-state index < -0.39 is 0 Å². The van der Waals surface area contributed by atoms with Gasteiger partial charge in [-0.1, -0.05) is 13.3 Å². The number of amides is 1. The molecule has 2 rings (SSSR count). The van der Waals surface area contributed by atoms with Crippen LogP contribution in [0.25, 0.3) is 0 Å². The third-order valence-electron chi connectivity index (χ3n) is 4.04. The number of H-pyrrole nitrogens is 1. The van der Waals surface area contributed by atoms with Crippen LogP contribution >= 0.6 is 12.4 Å². The van der Waals surface area contributed by atoms with Gasteiger partial charge in [-0.3, -0.25) is 9.59 Å². The Morgan fingerprint density at radius 1 is 1.36 bits per heavy atom. The zero-order valence-corrected chi connectivity index (χ0v) is 14.4. The Bertz CT molecular complexity index is 534. The lowest BCUT2D eigenvalue weighted by Gasteiger charge is -2.12. The van der Waals surface area contributed by atoms with Crippen LogP contribution in [0.5, 0.6) is 0 Å². The van der Waals surface area contributed by atoms with E-state index in [4.69, 9.17) is 0 Å². The molecule has 1 aromatic rings. The molecule has 1 aromatic heterocycles. The van der Waals surface area contributed by atoms with Crippen molar-refractivity contribution in [3.8, 4) is 0 Å². The number of nitrogens with one attached hydrogen (secondary N) is 3. The van der Waals surface area contributed by atoms with Gasteiger partial charge in [0.2, 0.25) is 0 Å². The van der Waals surface area contributed by atoms with E-state index in [0.29, 0.717) is 23.8 Å². The van der Waals surface area contributed by atoms with Crippen molar-refractivity contribution >= 4 is 24.1 Å². The Morgan fingerprint density at radius 2 is 2.09 bits per heavy atom. The molecule has 1 fully saturated rings. The number of ketones is 1. The molecule has 3 N–H and O–H groups in total. The summed E-state index contributed by atoms with van der Waals surface area (Å²) < 4.78 is 0. The van der Waals surface area contributed by atoms with E-state index in [9.17, 15) is 9.59 Å². The van der Waals surface area contributed by atoms with Crippen LogP contribution in [0.15, 0.2) is 0 Å². The van der Waals surface area contributed by atoms with E-state index in [1.165, 1.54) is 0 Å². The van der Waals surface area contributed by atoms with E-state index in [2.05, 4.69) is 22.5 Å². The normalized spacial score (nSPS) is 17.1. The minimum absolute atomic E-state index is 0. The minimum Gasteiger partial charge on any atom is -0.354 e. The molecule has 1 aliphatic rings. The van der Waals surface area contributed by atoms with Crippen molar-refractivity contribution in [2.75, 3.05) is 13.1 Å². The van der Waals surface area contributed by atoms with Crippen LogP contribution in [0.1, 0.15) is 65.2 Å². The van der Waals surface area contributed by atoms with Crippen LogP contribution in [-0.4, -0.2) is 35.8 Å². The maximum absolute atomic E-state index is 12.4. The first-order chi connectivity index (χ1) is 10.0. The first kappa shape index (κ1) is 18.7. The third kappa shape index (κ3) is 4.11. The number of carbonyl (C=O) groups excluding carboxylic acids is 2. The molecule has 0 bridgehead atoms. The highest BCUT2D eigenvalue weighted by atomic mass is 35.5. The summed E-state index contributed by atoms with van der Waals surface area (Å²) in [5.74, 6) is -0.0912. The summed E-state index contributed by atoms with van der Waals surface area (Å²) in [6.07, 6.45) is 3.91. The molecule has 1 aliphatic heterocycles. The molecule has 0 aliphatic carbocycles. The summed E-state index contributed by atoms with van der Waals surface area (Å²) in [7, 11) is 0. The molecule has 2 heterocycles. The predicted octanol–water partition coefficient (Wildman–Crippen LogP) is 2.38. The number of aromatic amines is 1. The molecule has 1 atom stereocenters. The van der Waals surface area contributed by atoms with Crippen LogP contribution < -0.4 is 10.6 Å². The smallest absolute Gasteiger partial charge is 0.268 e. The molecule has 22 heavy (non-hydrogen) atoms. The maximum Gasteiger partial charge on any atom is 0.268 e. The summed E-state index contributed by atoms with van der Waals surface area (Å²) in [4.78, 5) is 27.3. The zero-order chi connectivity index (χ0) is 15.4. The Kier molecular flexibility index (Phi) is 7.10. The largest absolute Gasteiger partial charge is 0.354 e. The summed E-state index contributed by atoms with van der Waals surface area (Å²) in [5.41, 5.74) is 2.88. The highest BCUT2D eigenvalue weighted by Gasteiger charge is 2.23. The fraction of sp³-hybridized carbons (Fsp3) is 0.625. The van der Waals surface area contributed by atoms with Crippen molar-refractivity contribution in [2.45, 2.75) is 52.5 Å². The molecule has 1 saturated heterocycles. The quantitative estimate of drug-likeness (QED) is 0.702. The molecular formula is C16H26ClN3O2. The van der Waals surface area contributed by atoms with Gasteiger partial charge in [0.1, 0.15) is 5.69 Å². The van der Waals surface area contributed by atoms with E-state index >= 15 is 0 Å². The summed E-state index contributed by atoms with van der Waals surface area (Å²) >= 11 is 0. The van der Waals surface area contributed by atoms with Crippen molar-refractivity contribution < 1.29 is 9.59 Å². The lowest BCUT2D eigenvalue weighted by molar-refractivity contribution is 0.0944. The third-order valence-corrected chi connectivity index (χ3v) is 4.04. The highest BCUT2D eigenvalue weighted by molar-refractivity contribution is 6.02. The molecule has 1 amide bonds. The summed E-state index contributed by atoms with van der Waals surface area (Å²) in [5, 5.41) is 6.33. The first-order valence-electron chi connectivity index (χ1n) is 7.78. The molecule has 0 saturated carbocycles. The predicted molar refractivity (Wildman–Crippen MR) is 90.1 cm³/mol. The topological polar surface area (TPSA) is 74.0 Å². The van der Waals surface area contributed by atoms with E-state index in [0.717, 1.165) is 43.5 Å². The SMILES string of the molecule is CCCc1c(C(=O)NCC2CCCN2)[nH]c(C)c1C(C)=O.Cl. The van der Waals surface area contributed by atoms with Crippen molar-refractivity contribution in [2.24, 2.45) is 0 Å². The van der Waals surface area contributed by atoms with Gasteiger partial charge in [-0.15, -0.1) is 12.4 Å². The van der Waals surface area contributed by atoms with Crippen molar-refractivity contribution in [1.82, 2.24) is 15.6 Å². The van der Waals surface area contributed by atoms with Crippen LogP contribution in [-0.2, 0) is 6.42 Å². The first-order valence-corrected chi connectivity index (χ1v) is 7.78. The number of Topliss-reactive ketones (excluding diaryl/α,β-unsaturated/α-hetero) is 1. The van der Waals surface area contributed by atoms with Gasteiger partial charge < -0.3 is 15.6 Å². The Morgan fingerprint density at radius 3 is 2.64 bits per heavy atom. The van der Waals surface area contributed by atoms with Gasteiger partial charge in [-0.05, 0) is 45.2 Å². The maximum atomic E-state index is 12.4. The van der Waals surface area contributed by atoms with Gasteiger partial charge in [0.15, 0.2) is 5.78 Å². The molecule has 1 unspecified atom stereocenters. The lowest BCUT2D eigenvalue weighted by Crippen LogP contribution is -2.37. The van der Waals surface area contributed by atoms with Crippen molar-refractivity contribution in [3.05, 3.63) is 22.5 Å². The molecule has 124 valence electrons. The van der Waals surface area contributed by atoms with Gasteiger partial charge in [0.25, 0.3) is 5.91 Å². The number of aryl methyl sites for hydroxylation is 1. The summed E-state index contributed by atoms with van der Waals surface area (Å²) in [6, 6.07) is 0.368. The number of hydrogen-bond donors (Lipinski definition) is 3. The second-order valence-electron chi connectivity index (χ2n) is 5.79. The van der Waals surface area contributed by atoms with Gasteiger partial charge in [0, 0.05) is 23.8 Å². The van der Waals surface area contributed by atoms with Crippen LogP contribution in [0, 0.1) is 6.92 Å². The van der Waals surface area contributed by atoms with Gasteiger partial charge in [-0.2, -0.15) is 0 Å². The molecule has 0 radical (unpaired) electrons. The van der Waals surface area contributed by atoms with Crippen molar-refractivity contribution in [3.63, 3.8) is 0 Å². The number of hydrogen-bond acceptors (Lipinski definition) is 3.